The van der Waals surface area contributed by atoms with Gasteiger partial charge in [0.05, 0.1) is 41.5 Å². The third-order valence-corrected chi connectivity index (χ3v) is 10.5. The molecule has 2 aliphatic heterocycles. The van der Waals surface area contributed by atoms with E-state index >= 15 is 4.79 Å². The van der Waals surface area contributed by atoms with Crippen LogP contribution >= 0.6 is 23.2 Å². The molecule has 2 aliphatic carbocycles. The minimum atomic E-state index is -1.62. The van der Waals surface area contributed by atoms with Crippen LogP contribution in [0, 0.1) is 23.7 Å². The topological polar surface area (TPSA) is 172 Å². The maximum atomic E-state index is 15.1. The summed E-state index contributed by atoms with van der Waals surface area (Å²) in [5, 5.41) is 11.4. The molecule has 0 spiro atoms. The predicted molar refractivity (Wildman–Crippen MR) is 167 cm³/mol. The minimum Gasteiger partial charge on any atom is -0.497 e. The van der Waals surface area contributed by atoms with Crippen molar-refractivity contribution in [1.29, 1.82) is 0 Å². The van der Waals surface area contributed by atoms with E-state index in [0.29, 0.717) is 26.8 Å². The van der Waals surface area contributed by atoms with Gasteiger partial charge in [0.25, 0.3) is 11.8 Å². The van der Waals surface area contributed by atoms with Crippen LogP contribution in [0.1, 0.15) is 35.8 Å². The average Bonchev–Trinajstić information content (AvgIpc) is 3.69. The fourth-order valence-electron chi connectivity index (χ4n) is 8.00. The summed E-state index contributed by atoms with van der Waals surface area (Å²) in [6.45, 7) is -0.422. The SMILES string of the molecule is COc1ccc(C23C(=O)N(Nc4ccc(Cl)cc4Cl)C(=O)C2CC2C(=CCC4C(=O)N(C(N)=O)C(=O)C42)C3c2ccc(CO)o2)cc1. The van der Waals surface area contributed by atoms with Crippen LogP contribution in [0.4, 0.5) is 10.5 Å². The zero-order valence-electron chi connectivity index (χ0n) is 24.8. The first kappa shape index (κ1) is 31.0. The van der Waals surface area contributed by atoms with Crippen LogP contribution in [0.5, 0.6) is 5.75 Å². The normalized spacial score (nSPS) is 28.2. The van der Waals surface area contributed by atoms with E-state index in [1.165, 1.54) is 13.2 Å². The van der Waals surface area contributed by atoms with Gasteiger partial charge in [-0.15, -0.1) is 0 Å². The number of fused-ring (bicyclic) bond motifs is 4. The zero-order chi connectivity index (χ0) is 33.4. The Morgan fingerprint density at radius 3 is 2.43 bits per heavy atom. The predicted octanol–water partition coefficient (Wildman–Crippen LogP) is 4.15. The monoisotopic (exact) mass is 678 g/mol. The summed E-state index contributed by atoms with van der Waals surface area (Å²) in [6, 6.07) is 13.4. The number of hydrogen-bond acceptors (Lipinski definition) is 9. The highest BCUT2D eigenvalue weighted by Crippen LogP contribution is 2.64. The number of nitrogens with two attached hydrogens (primary N) is 1. The summed E-state index contributed by atoms with van der Waals surface area (Å²) < 4.78 is 11.5. The Balaban J connectivity index is 1.45. The summed E-state index contributed by atoms with van der Waals surface area (Å²) in [5.74, 6) is -6.24. The minimum absolute atomic E-state index is 0.00811. The Bertz CT molecular complexity index is 1890. The molecule has 1 saturated carbocycles. The summed E-state index contributed by atoms with van der Waals surface area (Å²) in [4.78, 5) is 69.2. The van der Waals surface area contributed by atoms with Crippen LogP contribution in [0.2, 0.25) is 10.0 Å². The van der Waals surface area contributed by atoms with Crippen molar-refractivity contribution in [2.45, 2.75) is 30.8 Å². The maximum Gasteiger partial charge on any atom is 0.328 e. The van der Waals surface area contributed by atoms with Crippen molar-refractivity contribution in [3.8, 4) is 5.75 Å². The van der Waals surface area contributed by atoms with Gasteiger partial charge in [-0.1, -0.05) is 47.0 Å². The van der Waals surface area contributed by atoms with Gasteiger partial charge in [0.15, 0.2) is 0 Å². The molecule has 47 heavy (non-hydrogen) atoms. The van der Waals surface area contributed by atoms with E-state index < -0.39 is 71.3 Å². The second-order valence-electron chi connectivity index (χ2n) is 12.0. The largest absolute Gasteiger partial charge is 0.497 e. The third kappa shape index (κ3) is 4.42. The van der Waals surface area contributed by atoms with Crippen LogP contribution in [0.15, 0.2) is 70.7 Å². The molecule has 2 aromatic carbocycles. The van der Waals surface area contributed by atoms with Gasteiger partial charge in [0, 0.05) is 5.02 Å². The molecular formula is C33H28Cl2N4O8. The summed E-state index contributed by atoms with van der Waals surface area (Å²) in [7, 11) is 1.51. The lowest BCUT2D eigenvalue weighted by atomic mass is 9.50. The number of ether oxygens (including phenoxy) is 1. The number of imide groups is 4. The van der Waals surface area contributed by atoms with Gasteiger partial charge in [0.1, 0.15) is 29.3 Å². The first-order valence-electron chi connectivity index (χ1n) is 14.8. The van der Waals surface area contributed by atoms with Crippen molar-refractivity contribution in [1.82, 2.24) is 9.91 Å². The molecule has 0 bridgehead atoms. The van der Waals surface area contributed by atoms with Crippen molar-refractivity contribution < 1.29 is 38.2 Å². The van der Waals surface area contributed by atoms with E-state index in [-0.39, 0.29) is 35.1 Å². The van der Waals surface area contributed by atoms with Crippen LogP contribution in [0.3, 0.4) is 0 Å². The van der Waals surface area contributed by atoms with Gasteiger partial charge in [0.2, 0.25) is 11.8 Å². The fraction of sp³-hybridized carbons (Fsp3) is 0.303. The van der Waals surface area contributed by atoms with Gasteiger partial charge in [-0.3, -0.25) is 24.6 Å². The Morgan fingerprint density at radius 1 is 1.04 bits per heavy atom. The molecular weight excluding hydrogens is 651 g/mol. The quantitative estimate of drug-likeness (QED) is 0.256. The van der Waals surface area contributed by atoms with Gasteiger partial charge >= 0.3 is 6.03 Å². The maximum absolute atomic E-state index is 15.1. The number of hydrazine groups is 1. The van der Waals surface area contributed by atoms with E-state index in [0.717, 1.165) is 5.01 Å². The highest BCUT2D eigenvalue weighted by atomic mass is 35.5. The van der Waals surface area contributed by atoms with Crippen LogP contribution < -0.4 is 15.9 Å². The lowest BCUT2D eigenvalue weighted by Crippen LogP contribution is -2.53. The second kappa shape index (κ2) is 11.3. The molecule has 6 atom stereocenters. The van der Waals surface area contributed by atoms with E-state index in [9.17, 15) is 24.3 Å². The summed E-state index contributed by atoms with van der Waals surface area (Å²) >= 11 is 12.5. The smallest absolute Gasteiger partial charge is 0.328 e. The number of urea groups is 1. The highest BCUT2D eigenvalue weighted by molar-refractivity contribution is 6.36. The Labute approximate surface area is 278 Å². The Kier molecular flexibility index (Phi) is 7.42. The van der Waals surface area contributed by atoms with Gasteiger partial charge in [-0.05, 0) is 66.8 Å². The number of hydrogen-bond donors (Lipinski definition) is 3. The number of methoxy groups -OCH3 is 1. The Hall–Kier alpha value is -4.65. The molecule has 6 amide bonds. The molecule has 3 aromatic rings. The number of nitrogens with zero attached hydrogens (tertiary/aromatic N) is 2. The van der Waals surface area contributed by atoms with Crippen molar-refractivity contribution in [3.63, 3.8) is 0 Å². The molecule has 6 unspecified atom stereocenters. The number of carbonyl (C=O) groups excluding carboxylic acids is 5. The number of likely N-dealkylation sites (tertiary alicyclic amines) is 1. The Morgan fingerprint density at radius 2 is 1.79 bits per heavy atom. The molecule has 12 nitrogen and oxygen atoms in total. The standard InChI is InChI=1S/C33H28Cl2N4O8/c1-46-17-5-2-15(3-6-17)33-22(29(42)39(31(33)44)37-24-10-4-16(34)12-23(24)35)13-21-19(27(33)25-11-7-18(14-40)47-25)8-9-20-26(21)30(43)38(28(20)41)32(36)45/h2-8,10-12,20-22,26-27,37,40H,9,13-14H2,1H3,(H2,36,45). The lowest BCUT2D eigenvalue weighted by molar-refractivity contribution is -0.139. The van der Waals surface area contributed by atoms with Crippen LogP contribution in [-0.4, -0.2) is 51.8 Å². The summed E-state index contributed by atoms with van der Waals surface area (Å²) in [6.07, 6.45) is 1.90. The number of anilines is 1. The number of furan rings is 1. The van der Waals surface area contributed by atoms with Crippen molar-refractivity contribution in [3.05, 3.63) is 93.4 Å². The van der Waals surface area contributed by atoms with Crippen molar-refractivity contribution in [2.24, 2.45) is 29.4 Å². The zero-order valence-corrected chi connectivity index (χ0v) is 26.3. The number of carbonyl (C=O) groups is 5. The molecule has 4 N–H and O–H groups in total. The second-order valence-corrected chi connectivity index (χ2v) is 12.9. The van der Waals surface area contributed by atoms with Crippen LogP contribution in [0.25, 0.3) is 0 Å². The molecule has 7 rings (SSSR count). The molecule has 242 valence electrons. The van der Waals surface area contributed by atoms with E-state index in [1.54, 1.807) is 54.6 Å². The number of primary amides is 1. The van der Waals surface area contributed by atoms with E-state index in [1.807, 2.05) is 0 Å². The first-order valence-corrected chi connectivity index (χ1v) is 15.6. The molecule has 2 saturated heterocycles. The number of nitrogens with one attached hydrogen (secondary N) is 1. The van der Waals surface area contributed by atoms with Gasteiger partial charge in [-0.2, -0.15) is 9.91 Å². The number of aliphatic hydroxyl groups excluding tert-OH is 1. The first-order chi connectivity index (χ1) is 22.5. The molecule has 3 fully saturated rings. The van der Waals surface area contributed by atoms with E-state index in [2.05, 4.69) is 5.43 Å². The molecule has 3 heterocycles. The molecule has 14 heteroatoms. The molecule has 0 radical (unpaired) electrons. The lowest BCUT2D eigenvalue weighted by Gasteiger charge is -2.49. The average molecular weight is 680 g/mol. The van der Waals surface area contributed by atoms with Crippen molar-refractivity contribution >= 4 is 58.5 Å². The third-order valence-electron chi connectivity index (χ3n) is 9.92. The summed E-state index contributed by atoms with van der Waals surface area (Å²) in [5.41, 5.74) is 8.07. The number of benzene rings is 2. The number of rotatable bonds is 6. The number of halogens is 2. The number of aliphatic hydroxyl groups is 1. The molecule has 4 aliphatic rings. The van der Waals surface area contributed by atoms with Gasteiger partial charge < -0.3 is 20.0 Å². The number of allylic oxidation sites excluding steroid dienone is 2. The van der Waals surface area contributed by atoms with Crippen LogP contribution in [-0.2, 0) is 31.2 Å². The fourth-order valence-corrected chi connectivity index (χ4v) is 8.45. The van der Waals surface area contributed by atoms with Gasteiger partial charge in [-0.25, -0.2) is 4.79 Å². The highest BCUT2D eigenvalue weighted by Gasteiger charge is 2.71. The molecule has 1 aromatic heterocycles. The van der Waals surface area contributed by atoms with E-state index in [4.69, 9.17) is 38.1 Å². The number of amides is 6. The van der Waals surface area contributed by atoms with Crippen molar-refractivity contribution in [2.75, 3.05) is 12.5 Å².